The first kappa shape index (κ1) is 16.9. The van der Waals surface area contributed by atoms with Crippen LogP contribution < -0.4 is 5.73 Å². The maximum Gasteiger partial charge on any atom is 0.285 e. The average molecular weight is 350 g/mol. The maximum absolute atomic E-state index is 12.6. The average Bonchev–Trinajstić information content (AvgIpc) is 3.05. The lowest BCUT2D eigenvalue weighted by atomic mass is 10.1. The second-order valence-electron chi connectivity index (χ2n) is 6.47. The molecule has 0 aromatic heterocycles. The smallest absolute Gasteiger partial charge is 0.285 e. The summed E-state index contributed by atoms with van der Waals surface area (Å²) in [4.78, 5) is 16.2. The van der Waals surface area contributed by atoms with Crippen molar-refractivity contribution in [1.29, 1.82) is 0 Å². The Morgan fingerprint density at radius 3 is 2.79 bits per heavy atom. The molecule has 2 aliphatic rings. The predicted molar refractivity (Wildman–Crippen MR) is 91.1 cm³/mol. The standard InChI is InChI=1S/C16H22N4O3S/c1-11-7-12(8-17)9-20(11)15(21)10-19(2)16-13-5-3-4-6-14(13)24(22,23)18-16/h3-6,11-12H,7-10,17H2,1-2H3. The molecule has 24 heavy (non-hydrogen) atoms. The van der Waals surface area contributed by atoms with Crippen LogP contribution in [0.25, 0.3) is 0 Å². The molecule has 2 atom stereocenters. The molecular weight excluding hydrogens is 328 g/mol. The number of hydrogen-bond donors (Lipinski definition) is 1. The van der Waals surface area contributed by atoms with Crippen molar-refractivity contribution >= 4 is 21.8 Å². The molecule has 2 unspecified atom stereocenters. The number of carbonyl (C=O) groups excluding carboxylic acids is 1. The van der Waals surface area contributed by atoms with Crippen molar-refractivity contribution in [2.24, 2.45) is 16.0 Å². The molecule has 1 amide bonds. The molecule has 1 aromatic carbocycles. The van der Waals surface area contributed by atoms with Gasteiger partial charge in [0.1, 0.15) is 4.90 Å². The van der Waals surface area contributed by atoms with Crippen LogP contribution in [-0.4, -0.2) is 62.7 Å². The molecule has 1 aromatic rings. The molecule has 0 bridgehead atoms. The SMILES string of the molecule is CC1CC(CN)CN1C(=O)CN(C)C1=NS(=O)(=O)c2ccccc21. The number of sulfonamides is 1. The van der Waals surface area contributed by atoms with Crippen molar-refractivity contribution in [3.8, 4) is 0 Å². The van der Waals surface area contributed by atoms with E-state index in [1.165, 1.54) is 6.07 Å². The van der Waals surface area contributed by atoms with E-state index < -0.39 is 10.0 Å². The van der Waals surface area contributed by atoms with Gasteiger partial charge in [-0.1, -0.05) is 12.1 Å². The molecule has 2 N–H and O–H groups in total. The van der Waals surface area contributed by atoms with Crippen molar-refractivity contribution < 1.29 is 13.2 Å². The van der Waals surface area contributed by atoms with E-state index in [0.717, 1.165) is 6.42 Å². The highest BCUT2D eigenvalue weighted by atomic mass is 32.2. The molecule has 7 nitrogen and oxygen atoms in total. The third-order valence-electron chi connectivity index (χ3n) is 4.66. The van der Waals surface area contributed by atoms with E-state index in [-0.39, 0.29) is 23.4 Å². The topological polar surface area (TPSA) is 96.1 Å². The largest absolute Gasteiger partial charge is 0.349 e. The highest BCUT2D eigenvalue weighted by Crippen LogP contribution is 2.27. The summed E-state index contributed by atoms with van der Waals surface area (Å²) in [5.74, 6) is 0.616. The minimum absolute atomic E-state index is 0.0366. The summed E-state index contributed by atoms with van der Waals surface area (Å²) >= 11 is 0. The number of carbonyl (C=O) groups is 1. The van der Waals surface area contributed by atoms with Crippen LogP contribution in [-0.2, 0) is 14.8 Å². The van der Waals surface area contributed by atoms with E-state index in [9.17, 15) is 13.2 Å². The van der Waals surface area contributed by atoms with Crippen LogP contribution in [0.5, 0.6) is 0 Å². The third-order valence-corrected chi connectivity index (χ3v) is 5.99. The minimum atomic E-state index is -3.67. The molecule has 1 fully saturated rings. The number of likely N-dealkylation sites (tertiary alicyclic amines) is 1. The summed E-state index contributed by atoms with van der Waals surface area (Å²) in [6.07, 6.45) is 0.907. The quantitative estimate of drug-likeness (QED) is 0.844. The van der Waals surface area contributed by atoms with E-state index >= 15 is 0 Å². The summed E-state index contributed by atoms with van der Waals surface area (Å²) in [5.41, 5.74) is 6.25. The van der Waals surface area contributed by atoms with Crippen molar-refractivity contribution in [2.45, 2.75) is 24.3 Å². The van der Waals surface area contributed by atoms with Gasteiger partial charge >= 0.3 is 0 Å². The van der Waals surface area contributed by atoms with Gasteiger partial charge in [0.05, 0.1) is 6.54 Å². The second kappa shape index (κ2) is 6.18. The van der Waals surface area contributed by atoms with Crippen LogP contribution in [0.2, 0.25) is 0 Å². The van der Waals surface area contributed by atoms with Crippen LogP contribution in [0, 0.1) is 5.92 Å². The highest BCUT2D eigenvalue weighted by molar-refractivity contribution is 7.90. The number of likely N-dealkylation sites (N-methyl/N-ethyl adjacent to an activating group) is 1. The number of hydrogen-bond acceptors (Lipinski definition) is 5. The van der Waals surface area contributed by atoms with E-state index in [4.69, 9.17) is 5.73 Å². The zero-order valence-corrected chi connectivity index (χ0v) is 14.7. The van der Waals surface area contributed by atoms with E-state index in [1.54, 1.807) is 30.1 Å². The number of amidine groups is 1. The van der Waals surface area contributed by atoms with Crippen LogP contribution in [0.1, 0.15) is 18.9 Å². The summed E-state index contributed by atoms with van der Waals surface area (Å²) in [6.45, 7) is 3.33. The Balaban J connectivity index is 1.77. The number of benzene rings is 1. The monoisotopic (exact) mass is 350 g/mol. The molecule has 2 aliphatic heterocycles. The first-order valence-electron chi connectivity index (χ1n) is 7.98. The van der Waals surface area contributed by atoms with Gasteiger partial charge in [0.2, 0.25) is 5.91 Å². The summed E-state index contributed by atoms with van der Waals surface area (Å²) in [6, 6.07) is 6.83. The lowest BCUT2D eigenvalue weighted by Gasteiger charge is -2.26. The number of rotatable bonds is 3. The summed E-state index contributed by atoms with van der Waals surface area (Å²) < 4.78 is 28.1. The zero-order chi connectivity index (χ0) is 17.5. The van der Waals surface area contributed by atoms with E-state index in [1.807, 2.05) is 11.8 Å². The maximum atomic E-state index is 12.6. The third kappa shape index (κ3) is 2.91. The van der Waals surface area contributed by atoms with Gasteiger partial charge in [0.25, 0.3) is 10.0 Å². The van der Waals surface area contributed by atoms with Gasteiger partial charge in [-0.05, 0) is 37.9 Å². The van der Waals surface area contributed by atoms with Gasteiger partial charge in [0.15, 0.2) is 5.84 Å². The van der Waals surface area contributed by atoms with Gasteiger partial charge in [0, 0.05) is 25.2 Å². The van der Waals surface area contributed by atoms with Crippen LogP contribution in [0.3, 0.4) is 0 Å². The predicted octanol–water partition coefficient (Wildman–Crippen LogP) is 0.263. The molecular formula is C16H22N4O3S. The molecule has 0 aliphatic carbocycles. The Morgan fingerprint density at radius 2 is 2.12 bits per heavy atom. The van der Waals surface area contributed by atoms with E-state index in [2.05, 4.69) is 4.40 Å². The normalized spacial score (nSPS) is 24.6. The fourth-order valence-corrected chi connectivity index (χ4v) is 4.64. The number of nitrogens with zero attached hydrogens (tertiary/aromatic N) is 3. The molecule has 130 valence electrons. The first-order chi connectivity index (χ1) is 11.3. The number of nitrogens with two attached hydrogens (primary N) is 1. The van der Waals surface area contributed by atoms with Gasteiger partial charge in [-0.15, -0.1) is 4.40 Å². The zero-order valence-electron chi connectivity index (χ0n) is 13.8. The molecule has 1 saturated heterocycles. The number of amides is 1. The van der Waals surface area contributed by atoms with Gasteiger partial charge in [-0.2, -0.15) is 8.42 Å². The second-order valence-corrected chi connectivity index (χ2v) is 8.05. The van der Waals surface area contributed by atoms with Crippen molar-refractivity contribution in [2.75, 3.05) is 26.7 Å². The summed E-state index contributed by atoms with van der Waals surface area (Å²) in [7, 11) is -1.98. The van der Waals surface area contributed by atoms with Gasteiger partial charge < -0.3 is 15.5 Å². The molecule has 0 saturated carbocycles. The van der Waals surface area contributed by atoms with E-state index in [0.29, 0.717) is 30.4 Å². The summed E-state index contributed by atoms with van der Waals surface area (Å²) in [5, 5.41) is 0. The molecule has 8 heteroatoms. The lowest BCUT2D eigenvalue weighted by molar-refractivity contribution is -0.131. The van der Waals surface area contributed by atoms with Gasteiger partial charge in [-0.3, -0.25) is 4.79 Å². The Kier molecular flexibility index (Phi) is 4.35. The minimum Gasteiger partial charge on any atom is -0.349 e. The number of fused-ring (bicyclic) bond motifs is 1. The molecule has 3 rings (SSSR count). The van der Waals surface area contributed by atoms with Crippen molar-refractivity contribution in [3.05, 3.63) is 29.8 Å². The fraction of sp³-hybridized carbons (Fsp3) is 0.500. The van der Waals surface area contributed by atoms with Gasteiger partial charge in [-0.25, -0.2) is 0 Å². The Morgan fingerprint density at radius 1 is 1.42 bits per heavy atom. The molecule has 2 heterocycles. The van der Waals surface area contributed by atoms with Crippen LogP contribution in [0.15, 0.2) is 33.6 Å². The van der Waals surface area contributed by atoms with Crippen molar-refractivity contribution in [3.63, 3.8) is 0 Å². The Bertz CT molecular complexity index is 790. The molecule has 0 spiro atoms. The fourth-order valence-electron chi connectivity index (χ4n) is 3.39. The van der Waals surface area contributed by atoms with Crippen LogP contribution >= 0.6 is 0 Å². The Hall–Kier alpha value is -1.93. The highest BCUT2D eigenvalue weighted by Gasteiger charge is 2.34. The lowest BCUT2D eigenvalue weighted by Crippen LogP contribution is -2.42. The van der Waals surface area contributed by atoms with Crippen molar-refractivity contribution in [1.82, 2.24) is 9.80 Å². The Labute approximate surface area is 142 Å². The van der Waals surface area contributed by atoms with Crippen LogP contribution in [0.4, 0.5) is 0 Å². The molecule has 0 radical (unpaired) electrons. The first-order valence-corrected chi connectivity index (χ1v) is 9.42.